The fourth-order valence-electron chi connectivity index (χ4n) is 1.60. The number of hydrogen-bond donors (Lipinski definition) is 1. The summed E-state index contributed by atoms with van der Waals surface area (Å²) in [5.41, 5.74) is 0.500. The van der Waals surface area contributed by atoms with Crippen LogP contribution in [0.5, 0.6) is 0 Å². The summed E-state index contributed by atoms with van der Waals surface area (Å²) >= 11 is 1.57. The Morgan fingerprint density at radius 3 is 2.62 bits per heavy atom. The van der Waals surface area contributed by atoms with E-state index >= 15 is 0 Å². The van der Waals surface area contributed by atoms with Gasteiger partial charge in [-0.2, -0.15) is 11.3 Å². The minimum Gasteiger partial charge on any atom is -0.444 e. The van der Waals surface area contributed by atoms with Crippen LogP contribution in [0, 0.1) is 0 Å². The van der Waals surface area contributed by atoms with Crippen molar-refractivity contribution in [2.45, 2.75) is 39.2 Å². The van der Waals surface area contributed by atoms with Gasteiger partial charge in [-0.25, -0.2) is 4.79 Å². The Morgan fingerprint density at radius 2 is 2.10 bits per heavy atom. The van der Waals surface area contributed by atoms with Gasteiger partial charge in [0.05, 0.1) is 5.92 Å². The predicted molar refractivity (Wildman–Crippen MR) is 84.6 cm³/mol. The van der Waals surface area contributed by atoms with Crippen LogP contribution in [0.15, 0.2) is 16.8 Å². The van der Waals surface area contributed by atoms with Crippen LogP contribution in [0.3, 0.4) is 0 Å². The highest BCUT2D eigenvalue weighted by Gasteiger charge is 2.20. The zero-order valence-electron chi connectivity index (χ0n) is 13.3. The topological polar surface area (TPSA) is 58.6 Å². The van der Waals surface area contributed by atoms with Crippen molar-refractivity contribution >= 4 is 23.3 Å². The van der Waals surface area contributed by atoms with Crippen molar-refractivity contribution in [3.05, 3.63) is 22.4 Å². The molecule has 6 heteroatoms. The Kier molecular flexibility index (Phi) is 6.20. The van der Waals surface area contributed by atoms with E-state index in [0.29, 0.717) is 13.1 Å². The van der Waals surface area contributed by atoms with Crippen molar-refractivity contribution < 1.29 is 14.3 Å². The zero-order chi connectivity index (χ0) is 16.0. The number of nitrogens with one attached hydrogen (secondary N) is 1. The molecule has 1 heterocycles. The summed E-state index contributed by atoms with van der Waals surface area (Å²) < 4.78 is 5.24. The first kappa shape index (κ1) is 17.5. The van der Waals surface area contributed by atoms with Gasteiger partial charge in [0.2, 0.25) is 5.91 Å². The number of thiophene rings is 1. The molecule has 1 aromatic rings. The Balaban J connectivity index is 2.33. The molecule has 0 spiro atoms. The third-order valence-corrected chi connectivity index (χ3v) is 3.59. The Bertz CT molecular complexity index is 466. The standard InChI is InChI=1S/C15H24N2O3S/c1-11(12-6-9-21-10-12)13(18)16-7-8-17(5)14(19)20-15(2,3)4/h6,9-11H,7-8H2,1-5H3,(H,16,18). The summed E-state index contributed by atoms with van der Waals surface area (Å²) in [6, 6.07) is 1.95. The molecule has 118 valence electrons. The van der Waals surface area contributed by atoms with Gasteiger partial charge in [-0.05, 0) is 50.1 Å². The van der Waals surface area contributed by atoms with Gasteiger partial charge in [0, 0.05) is 20.1 Å². The van der Waals surface area contributed by atoms with Crippen LogP contribution in [0.1, 0.15) is 39.2 Å². The first-order valence-electron chi connectivity index (χ1n) is 6.94. The lowest BCUT2D eigenvalue weighted by molar-refractivity contribution is -0.122. The lowest BCUT2D eigenvalue weighted by Crippen LogP contribution is -2.40. The molecule has 0 saturated carbocycles. The van der Waals surface area contributed by atoms with Gasteiger partial charge in [0.1, 0.15) is 5.60 Å². The van der Waals surface area contributed by atoms with E-state index in [1.807, 2.05) is 44.5 Å². The van der Waals surface area contributed by atoms with E-state index in [1.54, 1.807) is 18.4 Å². The van der Waals surface area contributed by atoms with Crippen LogP contribution < -0.4 is 5.32 Å². The zero-order valence-corrected chi connectivity index (χ0v) is 14.1. The van der Waals surface area contributed by atoms with Crippen LogP contribution in [-0.4, -0.2) is 42.6 Å². The van der Waals surface area contributed by atoms with E-state index in [4.69, 9.17) is 4.74 Å². The molecule has 0 radical (unpaired) electrons. The second kappa shape index (κ2) is 7.45. The van der Waals surface area contributed by atoms with E-state index in [-0.39, 0.29) is 17.9 Å². The van der Waals surface area contributed by atoms with Gasteiger partial charge in [0.15, 0.2) is 0 Å². The smallest absolute Gasteiger partial charge is 0.410 e. The van der Waals surface area contributed by atoms with Crippen molar-refractivity contribution in [2.24, 2.45) is 0 Å². The van der Waals surface area contributed by atoms with E-state index in [2.05, 4.69) is 5.32 Å². The lowest BCUT2D eigenvalue weighted by Gasteiger charge is -2.24. The van der Waals surface area contributed by atoms with Crippen LogP contribution in [0.25, 0.3) is 0 Å². The molecule has 21 heavy (non-hydrogen) atoms. The van der Waals surface area contributed by atoms with Gasteiger partial charge in [-0.1, -0.05) is 0 Å². The highest BCUT2D eigenvalue weighted by Crippen LogP contribution is 2.17. The number of nitrogens with zero attached hydrogens (tertiary/aromatic N) is 1. The molecule has 0 aliphatic heterocycles. The SMILES string of the molecule is CC(C(=O)NCCN(C)C(=O)OC(C)(C)C)c1ccsc1. The molecule has 0 aliphatic carbocycles. The number of amides is 2. The first-order valence-corrected chi connectivity index (χ1v) is 7.89. The highest BCUT2D eigenvalue weighted by atomic mass is 32.1. The summed E-state index contributed by atoms with van der Waals surface area (Å²) in [6.07, 6.45) is -0.386. The van der Waals surface area contributed by atoms with Gasteiger partial charge < -0.3 is 15.0 Å². The van der Waals surface area contributed by atoms with Crippen LogP contribution in [-0.2, 0) is 9.53 Å². The molecule has 0 bridgehead atoms. The van der Waals surface area contributed by atoms with Crippen LogP contribution >= 0.6 is 11.3 Å². The number of ether oxygens (including phenoxy) is 1. The second-order valence-corrected chi connectivity index (χ2v) is 6.75. The minimum absolute atomic E-state index is 0.0361. The molecule has 1 N–H and O–H groups in total. The molecular weight excluding hydrogens is 288 g/mol. The van der Waals surface area contributed by atoms with Crippen molar-refractivity contribution in [1.82, 2.24) is 10.2 Å². The van der Waals surface area contributed by atoms with Gasteiger partial charge in [-0.15, -0.1) is 0 Å². The van der Waals surface area contributed by atoms with E-state index in [0.717, 1.165) is 5.56 Å². The lowest BCUT2D eigenvalue weighted by atomic mass is 10.0. The molecule has 0 aliphatic rings. The van der Waals surface area contributed by atoms with Crippen molar-refractivity contribution in [1.29, 1.82) is 0 Å². The average Bonchev–Trinajstić information content (AvgIpc) is 2.89. The first-order chi connectivity index (χ1) is 9.70. The number of rotatable bonds is 5. The molecule has 2 amide bonds. The molecule has 1 atom stereocenters. The summed E-state index contributed by atoms with van der Waals surface area (Å²) in [5.74, 6) is -0.214. The third-order valence-electron chi connectivity index (χ3n) is 2.89. The summed E-state index contributed by atoms with van der Waals surface area (Å²) in [4.78, 5) is 25.2. The van der Waals surface area contributed by atoms with Crippen molar-refractivity contribution in [3.8, 4) is 0 Å². The normalized spacial score (nSPS) is 12.6. The predicted octanol–water partition coefficient (Wildman–Crippen LogP) is 2.83. The Labute approximate surface area is 130 Å². The maximum atomic E-state index is 12.0. The number of carbonyl (C=O) groups excluding carboxylic acids is 2. The number of carbonyl (C=O) groups is 2. The quantitative estimate of drug-likeness (QED) is 0.909. The van der Waals surface area contributed by atoms with Crippen molar-refractivity contribution in [3.63, 3.8) is 0 Å². The Hall–Kier alpha value is -1.56. The Morgan fingerprint density at radius 1 is 1.43 bits per heavy atom. The highest BCUT2D eigenvalue weighted by molar-refractivity contribution is 7.08. The van der Waals surface area contributed by atoms with Gasteiger partial charge in [-0.3, -0.25) is 4.79 Å². The van der Waals surface area contributed by atoms with Crippen LogP contribution in [0.4, 0.5) is 4.79 Å². The summed E-state index contributed by atoms with van der Waals surface area (Å²) in [7, 11) is 1.66. The van der Waals surface area contributed by atoms with E-state index < -0.39 is 5.60 Å². The third kappa shape index (κ3) is 6.16. The molecule has 0 aromatic carbocycles. The van der Waals surface area contributed by atoms with Gasteiger partial charge in [0.25, 0.3) is 0 Å². The fourth-order valence-corrected chi connectivity index (χ4v) is 2.36. The monoisotopic (exact) mass is 312 g/mol. The largest absolute Gasteiger partial charge is 0.444 e. The van der Waals surface area contributed by atoms with Crippen LogP contribution in [0.2, 0.25) is 0 Å². The second-order valence-electron chi connectivity index (χ2n) is 5.97. The average molecular weight is 312 g/mol. The molecule has 5 nitrogen and oxygen atoms in total. The molecule has 0 saturated heterocycles. The van der Waals surface area contributed by atoms with Gasteiger partial charge >= 0.3 is 6.09 Å². The molecule has 1 rings (SSSR count). The molecule has 1 aromatic heterocycles. The minimum atomic E-state index is -0.512. The fraction of sp³-hybridized carbons (Fsp3) is 0.600. The maximum Gasteiger partial charge on any atom is 0.410 e. The summed E-state index contributed by atoms with van der Waals surface area (Å²) in [5, 5.41) is 6.76. The molecule has 1 unspecified atom stereocenters. The number of likely N-dealkylation sites (N-methyl/N-ethyl adjacent to an activating group) is 1. The maximum absolute atomic E-state index is 12.0. The molecular formula is C15H24N2O3S. The van der Waals surface area contributed by atoms with E-state index in [9.17, 15) is 9.59 Å². The van der Waals surface area contributed by atoms with E-state index in [1.165, 1.54) is 4.90 Å². The molecule has 0 fully saturated rings. The summed E-state index contributed by atoms with van der Waals surface area (Å²) in [6.45, 7) is 8.16. The van der Waals surface area contributed by atoms with Crippen molar-refractivity contribution in [2.75, 3.05) is 20.1 Å². The number of hydrogen-bond acceptors (Lipinski definition) is 4.